The number of amides is 1. The van der Waals surface area contributed by atoms with Crippen molar-refractivity contribution in [3.63, 3.8) is 0 Å². The number of hydrogen-bond acceptors (Lipinski definition) is 4. The van der Waals surface area contributed by atoms with E-state index in [1.165, 1.54) is 6.34 Å². The van der Waals surface area contributed by atoms with Crippen molar-refractivity contribution in [1.29, 1.82) is 0 Å². The topological polar surface area (TPSA) is 63.4 Å². The van der Waals surface area contributed by atoms with Crippen LogP contribution in [-0.4, -0.2) is 24.2 Å². The summed E-state index contributed by atoms with van der Waals surface area (Å²) in [5.74, 6) is 0.486. The van der Waals surface area contributed by atoms with Crippen LogP contribution in [0.4, 0.5) is 4.79 Å². The van der Waals surface area contributed by atoms with E-state index in [-0.39, 0.29) is 11.7 Å². The SMILES string of the molecule is O=C1N=C2N=CN=C2O1. The lowest BCUT2D eigenvalue weighted by Crippen LogP contribution is -2.03. The number of ether oxygens (including phenoxy) is 1. The molecule has 0 saturated carbocycles. The van der Waals surface area contributed by atoms with Gasteiger partial charge in [0.05, 0.1) is 0 Å². The van der Waals surface area contributed by atoms with Gasteiger partial charge in [-0.3, -0.25) is 0 Å². The summed E-state index contributed by atoms with van der Waals surface area (Å²) in [5, 5.41) is 0. The van der Waals surface area contributed by atoms with Gasteiger partial charge in [-0.05, 0) is 0 Å². The van der Waals surface area contributed by atoms with Gasteiger partial charge in [-0.1, -0.05) is 0 Å². The van der Waals surface area contributed by atoms with Crippen molar-refractivity contribution in [1.82, 2.24) is 0 Å². The average Bonchev–Trinajstić information content (AvgIpc) is 2.22. The number of carbonyl (C=O) groups is 1. The maximum absolute atomic E-state index is 10.3. The second-order valence-corrected chi connectivity index (χ2v) is 1.48. The lowest BCUT2D eigenvalue weighted by molar-refractivity contribution is 0.212. The summed E-state index contributed by atoms with van der Waals surface area (Å²) in [4.78, 5) is 20.9. The smallest absolute Gasteiger partial charge is 0.385 e. The Bertz CT molecular complexity index is 263. The molecule has 2 heterocycles. The van der Waals surface area contributed by atoms with E-state index in [9.17, 15) is 4.79 Å². The van der Waals surface area contributed by atoms with Crippen LogP contribution >= 0.6 is 0 Å². The molecule has 0 radical (unpaired) electrons. The molecule has 2 rings (SSSR count). The van der Waals surface area contributed by atoms with E-state index >= 15 is 0 Å². The minimum absolute atomic E-state index is 0.208. The molecule has 0 bridgehead atoms. The highest BCUT2D eigenvalue weighted by Crippen LogP contribution is 2.05. The second-order valence-electron chi connectivity index (χ2n) is 1.48. The minimum atomic E-state index is -0.638. The molecule has 9 heavy (non-hydrogen) atoms. The number of hydrogen-bond donors (Lipinski definition) is 0. The van der Waals surface area contributed by atoms with Crippen LogP contribution in [0.1, 0.15) is 0 Å². The van der Waals surface area contributed by atoms with Gasteiger partial charge in [-0.2, -0.15) is 4.99 Å². The monoisotopic (exact) mass is 123 g/mol. The molecule has 0 aromatic heterocycles. The van der Waals surface area contributed by atoms with Crippen LogP contribution < -0.4 is 0 Å². The van der Waals surface area contributed by atoms with Crippen LogP contribution in [0.2, 0.25) is 0 Å². The quantitative estimate of drug-likeness (QED) is 0.454. The average molecular weight is 123 g/mol. The van der Waals surface area contributed by atoms with E-state index < -0.39 is 6.09 Å². The van der Waals surface area contributed by atoms with Crippen molar-refractivity contribution < 1.29 is 9.53 Å². The molecule has 44 valence electrons. The lowest BCUT2D eigenvalue weighted by Gasteiger charge is -1.83. The van der Waals surface area contributed by atoms with Crippen molar-refractivity contribution in [2.45, 2.75) is 0 Å². The van der Waals surface area contributed by atoms with Crippen molar-refractivity contribution in [3.05, 3.63) is 0 Å². The Kier molecular flexibility index (Phi) is 0.606. The second kappa shape index (κ2) is 1.25. The zero-order valence-electron chi connectivity index (χ0n) is 4.24. The Morgan fingerprint density at radius 2 is 2.44 bits per heavy atom. The van der Waals surface area contributed by atoms with E-state index in [1.807, 2.05) is 0 Å². The van der Waals surface area contributed by atoms with Crippen molar-refractivity contribution >= 4 is 24.2 Å². The number of aliphatic imine (C=N–C) groups is 3. The largest absolute Gasteiger partial charge is 0.442 e. The molecule has 0 N–H and O–H groups in total. The van der Waals surface area contributed by atoms with Crippen LogP contribution in [0.15, 0.2) is 15.0 Å². The van der Waals surface area contributed by atoms with E-state index in [1.54, 1.807) is 0 Å². The molecular weight excluding hydrogens is 122 g/mol. The highest BCUT2D eigenvalue weighted by atomic mass is 16.6. The van der Waals surface area contributed by atoms with Crippen molar-refractivity contribution in [3.8, 4) is 0 Å². The fourth-order valence-electron chi connectivity index (χ4n) is 0.590. The molecule has 0 saturated heterocycles. The lowest BCUT2D eigenvalue weighted by atomic mass is 10.6. The maximum atomic E-state index is 10.3. The van der Waals surface area contributed by atoms with Gasteiger partial charge in [0.25, 0.3) is 5.90 Å². The van der Waals surface area contributed by atoms with Gasteiger partial charge in [0.1, 0.15) is 6.34 Å². The molecule has 2 aliphatic heterocycles. The van der Waals surface area contributed by atoms with Crippen LogP contribution in [-0.2, 0) is 4.74 Å². The fourth-order valence-corrected chi connectivity index (χ4v) is 0.590. The summed E-state index contributed by atoms with van der Waals surface area (Å²) < 4.78 is 4.47. The Balaban J connectivity index is 2.51. The van der Waals surface area contributed by atoms with Gasteiger partial charge in [0, 0.05) is 0 Å². The van der Waals surface area contributed by atoms with Gasteiger partial charge < -0.3 is 4.74 Å². The molecule has 0 fully saturated rings. The summed E-state index contributed by atoms with van der Waals surface area (Å²) in [6, 6.07) is 0. The number of rotatable bonds is 0. The van der Waals surface area contributed by atoms with Crippen molar-refractivity contribution in [2.75, 3.05) is 0 Å². The summed E-state index contributed by atoms with van der Waals surface area (Å²) >= 11 is 0. The number of fused-ring (bicyclic) bond motifs is 1. The summed E-state index contributed by atoms with van der Waals surface area (Å²) in [7, 11) is 0. The van der Waals surface area contributed by atoms with E-state index in [4.69, 9.17) is 0 Å². The molecule has 5 heteroatoms. The predicted molar refractivity (Wildman–Crippen MR) is 29.8 cm³/mol. The standard InChI is InChI=1S/C4HN3O2/c8-4-7-2-3(9-4)6-1-5-2/h1H. The first-order valence-corrected chi connectivity index (χ1v) is 2.27. The first-order valence-electron chi connectivity index (χ1n) is 2.27. The summed E-state index contributed by atoms with van der Waals surface area (Å²) in [6.07, 6.45) is 0.654. The molecule has 0 spiro atoms. The predicted octanol–water partition coefficient (Wildman–Crippen LogP) is -0.0245. The molecule has 0 aliphatic carbocycles. The Morgan fingerprint density at radius 1 is 1.56 bits per heavy atom. The molecule has 0 atom stereocenters. The molecule has 5 nitrogen and oxygen atoms in total. The number of nitrogens with zero attached hydrogens (tertiary/aromatic N) is 3. The van der Waals surface area contributed by atoms with Crippen LogP contribution in [0.25, 0.3) is 0 Å². The third-order valence-electron chi connectivity index (χ3n) is 0.927. The number of amidine groups is 1. The van der Waals surface area contributed by atoms with Gasteiger partial charge in [0.2, 0.25) is 5.84 Å². The fraction of sp³-hybridized carbons (Fsp3) is 0. The molecule has 1 amide bonds. The third-order valence-corrected chi connectivity index (χ3v) is 0.927. The molecule has 0 aromatic rings. The first kappa shape index (κ1) is 4.37. The van der Waals surface area contributed by atoms with E-state index in [2.05, 4.69) is 19.7 Å². The Labute approximate surface area is 49.8 Å². The third kappa shape index (κ3) is 0.479. The van der Waals surface area contributed by atoms with Crippen LogP contribution in [0, 0.1) is 0 Å². The van der Waals surface area contributed by atoms with E-state index in [0.717, 1.165) is 0 Å². The first-order chi connectivity index (χ1) is 4.36. The summed E-state index contributed by atoms with van der Waals surface area (Å²) in [5.41, 5.74) is 0. The highest BCUT2D eigenvalue weighted by Gasteiger charge is 2.25. The van der Waals surface area contributed by atoms with Gasteiger partial charge >= 0.3 is 6.09 Å². The Morgan fingerprint density at radius 3 is 3.22 bits per heavy atom. The molecule has 0 aromatic carbocycles. The number of carbonyl (C=O) groups excluding carboxylic acids is 1. The van der Waals surface area contributed by atoms with Crippen LogP contribution in [0.5, 0.6) is 0 Å². The zero-order chi connectivity index (χ0) is 6.27. The van der Waals surface area contributed by atoms with Gasteiger partial charge in [-0.15, -0.1) is 4.99 Å². The van der Waals surface area contributed by atoms with Crippen LogP contribution in [0.3, 0.4) is 0 Å². The molecule has 2 aliphatic rings. The normalized spacial score (nSPS) is 21.1. The Hall–Kier alpha value is -1.52. The highest BCUT2D eigenvalue weighted by molar-refractivity contribution is 6.47. The molecular formula is C4HN3O2. The van der Waals surface area contributed by atoms with Gasteiger partial charge in [-0.25, -0.2) is 9.79 Å². The minimum Gasteiger partial charge on any atom is -0.385 e. The van der Waals surface area contributed by atoms with E-state index in [0.29, 0.717) is 0 Å². The van der Waals surface area contributed by atoms with Gasteiger partial charge in [0.15, 0.2) is 0 Å². The zero-order valence-corrected chi connectivity index (χ0v) is 4.24. The summed E-state index contributed by atoms with van der Waals surface area (Å²) in [6.45, 7) is 0. The van der Waals surface area contributed by atoms with Crippen molar-refractivity contribution in [2.24, 2.45) is 15.0 Å². The molecule has 0 unspecified atom stereocenters. The maximum Gasteiger partial charge on any atom is 0.442 e.